The number of fused-ring (bicyclic) bond motifs is 1. The Morgan fingerprint density at radius 2 is 1.80 bits per heavy atom. The van der Waals surface area contributed by atoms with Gasteiger partial charge in [0.15, 0.2) is 17.1 Å². The normalized spacial score (nSPS) is 15.3. The van der Waals surface area contributed by atoms with Gasteiger partial charge in [-0.3, -0.25) is 0 Å². The van der Waals surface area contributed by atoms with Gasteiger partial charge >= 0.3 is 11.9 Å². The van der Waals surface area contributed by atoms with E-state index in [1.807, 2.05) is 23.1 Å². The molecule has 0 amide bonds. The summed E-state index contributed by atoms with van der Waals surface area (Å²) in [4.78, 5) is 26.6. The van der Waals surface area contributed by atoms with Crippen LogP contribution < -0.4 is 14.4 Å². The first-order chi connectivity index (χ1) is 12.2. The minimum atomic E-state index is -0.670. The second-order valence-corrected chi connectivity index (χ2v) is 6.24. The average molecular weight is 365 g/mol. The molecule has 2 aliphatic heterocycles. The van der Waals surface area contributed by atoms with E-state index in [0.29, 0.717) is 23.1 Å². The highest BCUT2D eigenvalue weighted by Crippen LogP contribution is 2.41. The SMILES string of the molecule is CCOC(=O)C(C(=O)OCC)=C1SCCN1c1ccc2c(c1)OCO2. The van der Waals surface area contributed by atoms with Crippen molar-refractivity contribution in [3.8, 4) is 11.5 Å². The van der Waals surface area contributed by atoms with Crippen LogP contribution in [0, 0.1) is 0 Å². The Balaban J connectivity index is 1.99. The van der Waals surface area contributed by atoms with Gasteiger partial charge in [0.2, 0.25) is 6.79 Å². The van der Waals surface area contributed by atoms with Crippen molar-refractivity contribution in [2.45, 2.75) is 13.8 Å². The van der Waals surface area contributed by atoms with Crippen LogP contribution in [0.4, 0.5) is 5.69 Å². The van der Waals surface area contributed by atoms with E-state index in [1.54, 1.807) is 13.8 Å². The molecule has 0 radical (unpaired) electrons. The van der Waals surface area contributed by atoms with Gasteiger partial charge in [-0.1, -0.05) is 0 Å². The summed E-state index contributed by atoms with van der Waals surface area (Å²) >= 11 is 1.43. The number of anilines is 1. The number of benzene rings is 1. The average Bonchev–Trinajstić information content (AvgIpc) is 3.23. The number of ether oxygens (including phenoxy) is 4. The first-order valence-electron chi connectivity index (χ1n) is 8.04. The smallest absolute Gasteiger partial charge is 0.348 e. The summed E-state index contributed by atoms with van der Waals surface area (Å²) < 4.78 is 20.9. The minimum Gasteiger partial charge on any atom is -0.462 e. The summed E-state index contributed by atoms with van der Waals surface area (Å²) in [7, 11) is 0. The Bertz CT molecular complexity index is 697. The monoisotopic (exact) mass is 365 g/mol. The van der Waals surface area contributed by atoms with E-state index in [2.05, 4.69) is 0 Å². The van der Waals surface area contributed by atoms with Crippen molar-refractivity contribution in [3.05, 3.63) is 28.8 Å². The second-order valence-electron chi connectivity index (χ2n) is 5.16. The van der Waals surface area contributed by atoms with Crippen molar-refractivity contribution in [2.24, 2.45) is 0 Å². The maximum absolute atomic E-state index is 12.3. The van der Waals surface area contributed by atoms with Crippen LogP contribution >= 0.6 is 11.8 Å². The third-order valence-electron chi connectivity index (χ3n) is 3.64. The number of carbonyl (C=O) groups is 2. The molecule has 8 heteroatoms. The first-order valence-corrected chi connectivity index (χ1v) is 9.02. The maximum atomic E-state index is 12.3. The summed E-state index contributed by atoms with van der Waals surface area (Å²) in [5, 5.41) is 0.538. The van der Waals surface area contributed by atoms with Gasteiger partial charge in [-0.05, 0) is 26.0 Å². The molecule has 3 rings (SSSR count). The molecular formula is C17H19NO6S. The van der Waals surface area contributed by atoms with Crippen LogP contribution in [-0.4, -0.2) is 44.2 Å². The molecule has 0 bridgehead atoms. The largest absolute Gasteiger partial charge is 0.462 e. The molecule has 1 aromatic carbocycles. The molecule has 7 nitrogen and oxygen atoms in total. The van der Waals surface area contributed by atoms with Crippen LogP contribution in [0.2, 0.25) is 0 Å². The van der Waals surface area contributed by atoms with E-state index < -0.39 is 11.9 Å². The molecule has 1 fully saturated rings. The highest BCUT2D eigenvalue weighted by molar-refractivity contribution is 8.03. The predicted molar refractivity (Wildman–Crippen MR) is 92.7 cm³/mol. The van der Waals surface area contributed by atoms with Crippen molar-refractivity contribution in [1.29, 1.82) is 0 Å². The van der Waals surface area contributed by atoms with Gasteiger partial charge in [0.05, 0.1) is 18.2 Å². The molecule has 0 aromatic heterocycles. The summed E-state index contributed by atoms with van der Waals surface area (Å²) in [6.07, 6.45) is 0. The molecule has 134 valence electrons. The van der Waals surface area contributed by atoms with E-state index in [9.17, 15) is 9.59 Å². The Kier molecular flexibility index (Phi) is 5.37. The summed E-state index contributed by atoms with van der Waals surface area (Å²) in [5.41, 5.74) is 0.749. The lowest BCUT2D eigenvalue weighted by atomic mass is 10.2. The third kappa shape index (κ3) is 3.53. The van der Waals surface area contributed by atoms with Crippen LogP contribution in [0.1, 0.15) is 13.8 Å². The fourth-order valence-electron chi connectivity index (χ4n) is 2.58. The van der Waals surface area contributed by atoms with Crippen molar-refractivity contribution in [3.63, 3.8) is 0 Å². The van der Waals surface area contributed by atoms with Gasteiger partial charge < -0.3 is 23.8 Å². The molecule has 0 unspecified atom stereocenters. The number of nitrogens with zero attached hydrogens (tertiary/aromatic N) is 1. The van der Waals surface area contributed by atoms with Gasteiger partial charge in [-0.2, -0.15) is 0 Å². The van der Waals surface area contributed by atoms with E-state index in [0.717, 1.165) is 11.4 Å². The quantitative estimate of drug-likeness (QED) is 0.341. The fraction of sp³-hybridized carbons (Fsp3) is 0.412. The van der Waals surface area contributed by atoms with Gasteiger partial charge in [-0.15, -0.1) is 11.8 Å². The van der Waals surface area contributed by atoms with Crippen LogP contribution in [0.3, 0.4) is 0 Å². The molecule has 1 saturated heterocycles. The van der Waals surface area contributed by atoms with Gasteiger partial charge in [0, 0.05) is 24.1 Å². The van der Waals surface area contributed by atoms with Crippen LogP contribution in [0.25, 0.3) is 0 Å². The lowest BCUT2D eigenvalue weighted by Gasteiger charge is -2.21. The zero-order chi connectivity index (χ0) is 17.8. The third-order valence-corrected chi connectivity index (χ3v) is 4.72. The molecule has 0 atom stereocenters. The predicted octanol–water partition coefficient (Wildman–Crippen LogP) is 2.31. The zero-order valence-corrected chi connectivity index (χ0v) is 14.9. The molecular weight excluding hydrogens is 346 g/mol. The summed E-state index contributed by atoms with van der Waals surface area (Å²) in [6.45, 7) is 4.61. The molecule has 0 spiro atoms. The molecule has 25 heavy (non-hydrogen) atoms. The Hall–Kier alpha value is -2.35. The van der Waals surface area contributed by atoms with Crippen molar-refractivity contribution in [2.75, 3.05) is 37.2 Å². The minimum absolute atomic E-state index is 0.0659. The van der Waals surface area contributed by atoms with Crippen molar-refractivity contribution in [1.82, 2.24) is 0 Å². The molecule has 1 aromatic rings. The number of hydrogen-bond donors (Lipinski definition) is 0. The fourth-order valence-corrected chi connectivity index (χ4v) is 3.71. The van der Waals surface area contributed by atoms with E-state index in [1.165, 1.54) is 11.8 Å². The molecule has 2 heterocycles. The van der Waals surface area contributed by atoms with E-state index in [4.69, 9.17) is 18.9 Å². The molecule has 2 aliphatic rings. The van der Waals surface area contributed by atoms with Crippen LogP contribution in [0.5, 0.6) is 11.5 Å². The van der Waals surface area contributed by atoms with Crippen molar-refractivity contribution < 1.29 is 28.5 Å². The molecule has 0 aliphatic carbocycles. The highest BCUT2D eigenvalue weighted by Gasteiger charge is 2.33. The van der Waals surface area contributed by atoms with Gasteiger partial charge in [-0.25, -0.2) is 9.59 Å². The Morgan fingerprint density at radius 3 is 2.48 bits per heavy atom. The number of thioether (sulfide) groups is 1. The van der Waals surface area contributed by atoms with Crippen LogP contribution in [-0.2, 0) is 19.1 Å². The van der Waals surface area contributed by atoms with E-state index in [-0.39, 0.29) is 25.6 Å². The van der Waals surface area contributed by atoms with Gasteiger partial charge in [0.25, 0.3) is 0 Å². The number of hydrogen-bond acceptors (Lipinski definition) is 8. The highest BCUT2D eigenvalue weighted by atomic mass is 32.2. The van der Waals surface area contributed by atoms with Crippen LogP contribution in [0.15, 0.2) is 28.8 Å². The maximum Gasteiger partial charge on any atom is 0.348 e. The van der Waals surface area contributed by atoms with Crippen molar-refractivity contribution >= 4 is 29.4 Å². The Labute approximate surface area is 149 Å². The number of carbonyl (C=O) groups excluding carboxylic acids is 2. The topological polar surface area (TPSA) is 74.3 Å². The van der Waals surface area contributed by atoms with Gasteiger partial charge in [0.1, 0.15) is 0 Å². The lowest BCUT2D eigenvalue weighted by Crippen LogP contribution is -2.26. The molecule has 0 N–H and O–H groups in total. The summed E-state index contributed by atoms with van der Waals surface area (Å²) in [6, 6.07) is 5.52. The van der Waals surface area contributed by atoms with E-state index >= 15 is 0 Å². The molecule has 0 saturated carbocycles. The standard InChI is InChI=1S/C17H19NO6S/c1-3-21-16(19)14(17(20)22-4-2)15-18(7-8-25-15)11-5-6-12-13(9-11)24-10-23-12/h5-6,9H,3-4,7-8,10H2,1-2H3. The zero-order valence-electron chi connectivity index (χ0n) is 14.1. The second kappa shape index (κ2) is 7.69. The summed E-state index contributed by atoms with van der Waals surface area (Å²) in [5.74, 6) is 0.721. The lowest BCUT2D eigenvalue weighted by molar-refractivity contribution is -0.146. The first kappa shape index (κ1) is 17.5. The number of esters is 2. The number of rotatable bonds is 5. The Morgan fingerprint density at radius 1 is 1.12 bits per heavy atom.